The molecular weight excluding hydrogens is 259 g/mol. The van der Waals surface area contributed by atoms with Crippen molar-refractivity contribution in [2.75, 3.05) is 7.11 Å². The lowest BCUT2D eigenvalue weighted by Crippen LogP contribution is -1.96. The van der Waals surface area contributed by atoms with Crippen LogP contribution in [0.25, 0.3) is 0 Å². The molecular formula is C12H10Cl2N2O. The second-order valence-corrected chi connectivity index (χ2v) is 4.21. The van der Waals surface area contributed by atoms with Crippen molar-refractivity contribution < 1.29 is 4.74 Å². The first-order valence-corrected chi connectivity index (χ1v) is 5.74. The molecule has 0 amide bonds. The quantitative estimate of drug-likeness (QED) is 0.801. The van der Waals surface area contributed by atoms with Crippen molar-refractivity contribution in [3.05, 3.63) is 52.0 Å². The third-order valence-electron chi connectivity index (χ3n) is 2.29. The third kappa shape index (κ3) is 3.08. The number of rotatable bonds is 3. The summed E-state index contributed by atoms with van der Waals surface area (Å²) < 4.78 is 5.15. The van der Waals surface area contributed by atoms with Crippen LogP contribution >= 0.6 is 23.2 Å². The van der Waals surface area contributed by atoms with Crippen LogP contribution in [0.4, 0.5) is 0 Å². The topological polar surface area (TPSA) is 35.0 Å². The molecule has 0 unspecified atom stereocenters. The summed E-state index contributed by atoms with van der Waals surface area (Å²) in [5.74, 6) is 0.804. The first kappa shape index (κ1) is 12.1. The van der Waals surface area contributed by atoms with E-state index in [1.54, 1.807) is 7.11 Å². The van der Waals surface area contributed by atoms with Crippen molar-refractivity contribution in [3.8, 4) is 5.75 Å². The number of hydrogen-bond donors (Lipinski definition) is 0. The van der Waals surface area contributed by atoms with Gasteiger partial charge in [0.05, 0.1) is 24.0 Å². The summed E-state index contributed by atoms with van der Waals surface area (Å²) in [6.07, 6.45) is 2.10. The molecule has 0 radical (unpaired) electrons. The maximum Gasteiger partial charge on any atom is 0.222 e. The van der Waals surface area contributed by atoms with Gasteiger partial charge in [-0.1, -0.05) is 23.7 Å². The maximum absolute atomic E-state index is 6.00. The molecule has 0 saturated heterocycles. The van der Waals surface area contributed by atoms with Crippen molar-refractivity contribution in [1.82, 2.24) is 9.97 Å². The number of ether oxygens (including phenoxy) is 1. The Morgan fingerprint density at radius 3 is 2.88 bits per heavy atom. The highest BCUT2D eigenvalue weighted by molar-refractivity contribution is 6.31. The smallest absolute Gasteiger partial charge is 0.222 e. The van der Waals surface area contributed by atoms with Crippen molar-refractivity contribution in [1.29, 1.82) is 0 Å². The van der Waals surface area contributed by atoms with Gasteiger partial charge in [0.1, 0.15) is 5.75 Å². The van der Waals surface area contributed by atoms with E-state index in [-0.39, 0.29) is 5.28 Å². The zero-order valence-corrected chi connectivity index (χ0v) is 10.7. The molecule has 3 nitrogen and oxygen atoms in total. The summed E-state index contributed by atoms with van der Waals surface area (Å²) in [4.78, 5) is 7.92. The molecule has 1 aromatic carbocycles. The van der Waals surface area contributed by atoms with E-state index in [4.69, 9.17) is 27.9 Å². The highest BCUT2D eigenvalue weighted by Crippen LogP contribution is 2.20. The molecule has 0 aliphatic rings. The Morgan fingerprint density at radius 1 is 1.29 bits per heavy atom. The lowest BCUT2D eigenvalue weighted by atomic mass is 10.1. The van der Waals surface area contributed by atoms with Gasteiger partial charge >= 0.3 is 0 Å². The van der Waals surface area contributed by atoms with Gasteiger partial charge in [-0.2, -0.15) is 0 Å². The zero-order valence-electron chi connectivity index (χ0n) is 9.15. The normalized spacial score (nSPS) is 10.3. The van der Waals surface area contributed by atoms with Crippen LogP contribution in [0.2, 0.25) is 10.3 Å². The fourth-order valence-electron chi connectivity index (χ4n) is 1.48. The van der Waals surface area contributed by atoms with Crippen LogP contribution < -0.4 is 4.74 Å². The molecule has 0 aliphatic heterocycles. The van der Waals surface area contributed by atoms with Crippen LogP contribution in [0.3, 0.4) is 0 Å². The summed E-state index contributed by atoms with van der Waals surface area (Å²) >= 11 is 11.7. The SMILES string of the molecule is COc1cccc(Cc2nc(Cl)ncc2Cl)c1. The van der Waals surface area contributed by atoms with Gasteiger partial charge in [0.15, 0.2) is 0 Å². The van der Waals surface area contributed by atoms with E-state index >= 15 is 0 Å². The van der Waals surface area contributed by atoms with Gasteiger partial charge in [-0.15, -0.1) is 0 Å². The summed E-state index contributed by atoms with van der Waals surface area (Å²) in [7, 11) is 1.63. The van der Waals surface area contributed by atoms with Crippen molar-refractivity contribution in [2.45, 2.75) is 6.42 Å². The third-order valence-corrected chi connectivity index (χ3v) is 2.79. The minimum Gasteiger partial charge on any atom is -0.497 e. The van der Waals surface area contributed by atoms with Gasteiger partial charge in [-0.25, -0.2) is 9.97 Å². The Balaban J connectivity index is 2.27. The van der Waals surface area contributed by atoms with Crippen LogP contribution in [0.1, 0.15) is 11.3 Å². The molecule has 2 aromatic rings. The standard InChI is InChI=1S/C12H10Cl2N2O/c1-17-9-4-2-3-8(5-9)6-11-10(13)7-15-12(14)16-11/h2-5,7H,6H2,1H3. The van der Waals surface area contributed by atoms with Crippen LogP contribution in [0, 0.1) is 0 Å². The van der Waals surface area contributed by atoms with Gasteiger partial charge in [-0.3, -0.25) is 0 Å². The Labute approximate surface area is 109 Å². The fourth-order valence-corrected chi connectivity index (χ4v) is 1.79. The first-order chi connectivity index (χ1) is 8.19. The van der Waals surface area contributed by atoms with E-state index in [1.165, 1.54) is 6.20 Å². The van der Waals surface area contributed by atoms with E-state index in [9.17, 15) is 0 Å². The molecule has 0 fully saturated rings. The Kier molecular flexibility index (Phi) is 3.82. The molecule has 88 valence electrons. The highest BCUT2D eigenvalue weighted by Gasteiger charge is 2.06. The lowest BCUT2D eigenvalue weighted by molar-refractivity contribution is 0.414. The molecule has 0 N–H and O–H groups in total. The van der Waals surface area contributed by atoms with Gasteiger partial charge in [0.25, 0.3) is 0 Å². The monoisotopic (exact) mass is 268 g/mol. The van der Waals surface area contributed by atoms with Crippen molar-refractivity contribution in [2.24, 2.45) is 0 Å². The number of aromatic nitrogens is 2. The minimum atomic E-state index is 0.201. The molecule has 1 aromatic heterocycles. The summed E-state index contributed by atoms with van der Waals surface area (Å²) in [5.41, 5.74) is 1.76. The van der Waals surface area contributed by atoms with Crippen molar-refractivity contribution in [3.63, 3.8) is 0 Å². The molecule has 0 aliphatic carbocycles. The Bertz CT molecular complexity index is 532. The van der Waals surface area contributed by atoms with Gasteiger partial charge < -0.3 is 4.74 Å². The van der Waals surface area contributed by atoms with E-state index in [0.29, 0.717) is 17.1 Å². The Hall–Kier alpha value is -1.32. The van der Waals surface area contributed by atoms with Gasteiger partial charge in [0.2, 0.25) is 5.28 Å². The van der Waals surface area contributed by atoms with E-state index in [0.717, 1.165) is 11.3 Å². The summed E-state index contributed by atoms with van der Waals surface area (Å²) in [5, 5.41) is 0.713. The van der Waals surface area contributed by atoms with E-state index < -0.39 is 0 Å². The van der Waals surface area contributed by atoms with Crippen LogP contribution in [-0.2, 0) is 6.42 Å². The lowest BCUT2D eigenvalue weighted by Gasteiger charge is -2.05. The molecule has 0 bridgehead atoms. The second-order valence-electron chi connectivity index (χ2n) is 3.46. The van der Waals surface area contributed by atoms with Crippen LogP contribution in [0.5, 0.6) is 5.75 Å². The number of halogens is 2. The Morgan fingerprint density at radius 2 is 2.12 bits per heavy atom. The van der Waals surface area contributed by atoms with E-state index in [1.807, 2.05) is 24.3 Å². The number of benzene rings is 1. The molecule has 17 heavy (non-hydrogen) atoms. The number of nitrogens with zero attached hydrogens (tertiary/aromatic N) is 2. The fraction of sp³-hybridized carbons (Fsp3) is 0.167. The second kappa shape index (κ2) is 5.34. The zero-order chi connectivity index (χ0) is 12.3. The first-order valence-electron chi connectivity index (χ1n) is 4.99. The summed E-state index contributed by atoms with van der Waals surface area (Å²) in [6.45, 7) is 0. The van der Waals surface area contributed by atoms with Gasteiger partial charge in [-0.05, 0) is 29.3 Å². The van der Waals surface area contributed by atoms with E-state index in [2.05, 4.69) is 9.97 Å². The highest BCUT2D eigenvalue weighted by atomic mass is 35.5. The average Bonchev–Trinajstić information content (AvgIpc) is 2.34. The molecule has 0 saturated carbocycles. The molecule has 0 atom stereocenters. The average molecular weight is 269 g/mol. The maximum atomic E-state index is 6.00. The predicted molar refractivity (Wildman–Crippen MR) is 67.9 cm³/mol. The molecule has 1 heterocycles. The largest absolute Gasteiger partial charge is 0.497 e. The molecule has 2 rings (SSSR count). The molecule has 5 heteroatoms. The van der Waals surface area contributed by atoms with Crippen molar-refractivity contribution >= 4 is 23.2 Å². The molecule has 0 spiro atoms. The summed E-state index contributed by atoms with van der Waals surface area (Å²) in [6, 6.07) is 7.73. The number of methoxy groups -OCH3 is 1. The minimum absolute atomic E-state index is 0.201. The van der Waals surface area contributed by atoms with Crippen LogP contribution in [0.15, 0.2) is 30.5 Å². The predicted octanol–water partition coefficient (Wildman–Crippen LogP) is 3.38. The van der Waals surface area contributed by atoms with Crippen LogP contribution in [-0.4, -0.2) is 17.1 Å². The number of hydrogen-bond acceptors (Lipinski definition) is 3. The van der Waals surface area contributed by atoms with Gasteiger partial charge in [0, 0.05) is 6.42 Å².